The number of nitrogens with one attached hydrogen (secondary N) is 1. The molecular weight excluding hydrogens is 204 g/mol. The quantitative estimate of drug-likeness (QED) is 0.716. The molecule has 1 rings (SSSR count). The lowest BCUT2D eigenvalue weighted by Crippen LogP contribution is -2.43. The molecule has 0 aromatic heterocycles. The molecule has 0 aromatic rings. The van der Waals surface area contributed by atoms with Crippen molar-refractivity contribution in [3.8, 4) is 0 Å². The van der Waals surface area contributed by atoms with Gasteiger partial charge in [0.2, 0.25) is 11.8 Å². The summed E-state index contributed by atoms with van der Waals surface area (Å²) in [5.41, 5.74) is 0. The third kappa shape index (κ3) is 2.82. The minimum absolute atomic E-state index is 0.0193. The molecule has 1 fully saturated rings. The maximum Gasteiger partial charge on any atom is 0.247 e. The van der Waals surface area contributed by atoms with Gasteiger partial charge in [-0.3, -0.25) is 14.5 Å². The Hall–Kier alpha value is -0.900. The van der Waals surface area contributed by atoms with Crippen LogP contribution in [0, 0.1) is 5.92 Å². The molecule has 2 unspecified atom stereocenters. The van der Waals surface area contributed by atoms with E-state index in [1.165, 1.54) is 4.90 Å². The fraction of sp³-hybridized carbons (Fsp3) is 0.833. The summed E-state index contributed by atoms with van der Waals surface area (Å²) < 4.78 is 0. The topological polar surface area (TPSA) is 49.4 Å². The van der Waals surface area contributed by atoms with E-state index >= 15 is 0 Å². The molecule has 4 heteroatoms. The zero-order chi connectivity index (χ0) is 12.3. The van der Waals surface area contributed by atoms with E-state index in [0.717, 1.165) is 13.0 Å². The molecule has 0 bridgehead atoms. The molecule has 1 saturated heterocycles. The van der Waals surface area contributed by atoms with E-state index in [1.54, 1.807) is 0 Å². The molecule has 4 nitrogen and oxygen atoms in total. The number of amides is 2. The Morgan fingerprint density at radius 2 is 2.00 bits per heavy atom. The molecule has 1 aliphatic rings. The van der Waals surface area contributed by atoms with Gasteiger partial charge >= 0.3 is 0 Å². The summed E-state index contributed by atoms with van der Waals surface area (Å²) in [6.07, 6.45) is 1.13. The molecule has 92 valence electrons. The lowest BCUT2D eigenvalue weighted by molar-refractivity contribution is -0.141. The first-order valence-corrected chi connectivity index (χ1v) is 6.06. The van der Waals surface area contributed by atoms with Crippen LogP contribution in [0.2, 0.25) is 0 Å². The molecule has 0 saturated carbocycles. The van der Waals surface area contributed by atoms with Crippen LogP contribution in [0.5, 0.6) is 0 Å². The van der Waals surface area contributed by atoms with Gasteiger partial charge in [-0.2, -0.15) is 0 Å². The van der Waals surface area contributed by atoms with Crippen molar-refractivity contribution < 1.29 is 9.59 Å². The molecule has 1 N–H and O–H groups in total. The number of carbonyl (C=O) groups excluding carboxylic acids is 2. The zero-order valence-electron chi connectivity index (χ0n) is 10.6. The molecule has 0 aromatic carbocycles. The van der Waals surface area contributed by atoms with Crippen LogP contribution in [0.3, 0.4) is 0 Å². The van der Waals surface area contributed by atoms with Gasteiger partial charge in [0.05, 0.1) is 12.5 Å². The first-order chi connectivity index (χ1) is 7.47. The fourth-order valence-corrected chi connectivity index (χ4v) is 1.83. The third-order valence-electron chi connectivity index (χ3n) is 2.99. The van der Waals surface area contributed by atoms with Gasteiger partial charge < -0.3 is 5.32 Å². The minimum atomic E-state index is -0.302. The fourth-order valence-electron chi connectivity index (χ4n) is 1.83. The van der Waals surface area contributed by atoms with Crippen molar-refractivity contribution in [2.24, 2.45) is 5.92 Å². The lowest BCUT2D eigenvalue weighted by Gasteiger charge is -2.21. The van der Waals surface area contributed by atoms with E-state index in [0.29, 0.717) is 12.3 Å². The van der Waals surface area contributed by atoms with Crippen LogP contribution < -0.4 is 5.32 Å². The highest BCUT2D eigenvalue weighted by atomic mass is 16.2. The molecule has 0 spiro atoms. The monoisotopic (exact) mass is 226 g/mol. The van der Waals surface area contributed by atoms with Crippen molar-refractivity contribution >= 4 is 11.8 Å². The Balaban J connectivity index is 2.60. The second-order valence-corrected chi connectivity index (χ2v) is 4.92. The number of imide groups is 1. The number of hydrogen-bond donors (Lipinski definition) is 1. The highest BCUT2D eigenvalue weighted by Gasteiger charge is 2.40. The predicted octanol–water partition coefficient (Wildman–Crippen LogP) is 1.16. The highest BCUT2D eigenvalue weighted by Crippen LogP contribution is 2.18. The number of hydrogen-bond acceptors (Lipinski definition) is 3. The van der Waals surface area contributed by atoms with Crippen LogP contribution in [0.15, 0.2) is 0 Å². The van der Waals surface area contributed by atoms with E-state index in [-0.39, 0.29) is 23.9 Å². The van der Waals surface area contributed by atoms with Gasteiger partial charge in [0.15, 0.2) is 0 Å². The molecule has 16 heavy (non-hydrogen) atoms. The van der Waals surface area contributed by atoms with E-state index in [9.17, 15) is 9.59 Å². The van der Waals surface area contributed by atoms with Crippen LogP contribution in [0.25, 0.3) is 0 Å². The molecule has 1 heterocycles. The maximum atomic E-state index is 12.0. The van der Waals surface area contributed by atoms with Crippen molar-refractivity contribution in [2.75, 3.05) is 6.54 Å². The van der Waals surface area contributed by atoms with Gasteiger partial charge in [0.1, 0.15) is 0 Å². The Kier molecular flexibility index (Phi) is 4.47. The van der Waals surface area contributed by atoms with Crippen LogP contribution in [0.4, 0.5) is 0 Å². The molecule has 2 amide bonds. The lowest BCUT2D eigenvalue weighted by atomic mass is 10.2. The summed E-state index contributed by atoms with van der Waals surface area (Å²) in [4.78, 5) is 25.1. The average Bonchev–Trinajstić information content (AvgIpc) is 2.50. The molecule has 1 aliphatic heterocycles. The molecule has 0 aliphatic carbocycles. The minimum Gasteiger partial charge on any atom is -0.305 e. The second-order valence-electron chi connectivity index (χ2n) is 4.92. The predicted molar refractivity (Wildman–Crippen MR) is 62.9 cm³/mol. The maximum absolute atomic E-state index is 12.0. The summed E-state index contributed by atoms with van der Waals surface area (Å²) in [7, 11) is 0. The summed E-state index contributed by atoms with van der Waals surface area (Å²) in [5.74, 6) is 0.390. The van der Waals surface area contributed by atoms with Gasteiger partial charge in [-0.25, -0.2) is 0 Å². The van der Waals surface area contributed by atoms with Crippen LogP contribution in [-0.4, -0.2) is 35.3 Å². The summed E-state index contributed by atoms with van der Waals surface area (Å²) in [6, 6.07) is -0.283. The Morgan fingerprint density at radius 3 is 2.50 bits per heavy atom. The molecule has 0 radical (unpaired) electrons. The van der Waals surface area contributed by atoms with Gasteiger partial charge in [-0.15, -0.1) is 0 Å². The van der Waals surface area contributed by atoms with Gasteiger partial charge in [-0.1, -0.05) is 20.8 Å². The van der Waals surface area contributed by atoms with E-state index in [4.69, 9.17) is 0 Å². The summed E-state index contributed by atoms with van der Waals surface area (Å²) in [6.45, 7) is 8.85. The molecule has 2 atom stereocenters. The normalized spacial score (nSPS) is 23.3. The van der Waals surface area contributed by atoms with Crippen molar-refractivity contribution in [2.45, 2.75) is 52.6 Å². The van der Waals surface area contributed by atoms with Crippen molar-refractivity contribution in [3.63, 3.8) is 0 Å². The van der Waals surface area contributed by atoms with Crippen molar-refractivity contribution in [1.29, 1.82) is 0 Å². The van der Waals surface area contributed by atoms with E-state index in [1.807, 2.05) is 13.8 Å². The zero-order valence-corrected chi connectivity index (χ0v) is 10.6. The van der Waals surface area contributed by atoms with E-state index < -0.39 is 0 Å². The van der Waals surface area contributed by atoms with E-state index in [2.05, 4.69) is 19.2 Å². The third-order valence-corrected chi connectivity index (χ3v) is 2.99. The highest BCUT2D eigenvalue weighted by molar-refractivity contribution is 6.05. The van der Waals surface area contributed by atoms with Gasteiger partial charge in [-0.05, 0) is 25.8 Å². The van der Waals surface area contributed by atoms with Gasteiger partial charge in [0.25, 0.3) is 0 Å². The number of likely N-dealkylation sites (tertiary alicyclic amines) is 1. The Morgan fingerprint density at radius 1 is 1.38 bits per heavy atom. The van der Waals surface area contributed by atoms with Crippen LogP contribution in [-0.2, 0) is 9.59 Å². The van der Waals surface area contributed by atoms with Crippen molar-refractivity contribution in [3.05, 3.63) is 0 Å². The largest absolute Gasteiger partial charge is 0.305 e. The first-order valence-electron chi connectivity index (χ1n) is 6.06. The van der Waals surface area contributed by atoms with Crippen LogP contribution in [0.1, 0.15) is 40.5 Å². The smallest absolute Gasteiger partial charge is 0.247 e. The van der Waals surface area contributed by atoms with Gasteiger partial charge in [0, 0.05) is 6.04 Å². The summed E-state index contributed by atoms with van der Waals surface area (Å²) >= 11 is 0. The average molecular weight is 226 g/mol. The Labute approximate surface area is 97.4 Å². The summed E-state index contributed by atoms with van der Waals surface area (Å²) in [5, 5.41) is 3.16. The van der Waals surface area contributed by atoms with Crippen LogP contribution >= 0.6 is 0 Å². The number of nitrogens with zero attached hydrogens (tertiary/aromatic N) is 1. The number of carbonyl (C=O) groups is 2. The standard InChI is InChI=1S/C12H22N2O2/c1-5-9(4)14-11(15)6-10(12(14)16)13-7-8(2)3/h8-10,13H,5-7H2,1-4H3. The van der Waals surface area contributed by atoms with Crippen molar-refractivity contribution in [1.82, 2.24) is 10.2 Å². The number of rotatable bonds is 5. The Bertz CT molecular complexity index is 276. The SMILES string of the molecule is CCC(C)N1C(=O)CC(NCC(C)C)C1=O. The second kappa shape index (κ2) is 5.43. The molecular formula is C12H22N2O2. The first kappa shape index (κ1) is 13.2.